The minimum atomic E-state index is 0.420. The number of hydrogen-bond acceptors (Lipinski definition) is 3. The Morgan fingerprint density at radius 2 is 1.90 bits per heavy atom. The molecule has 0 radical (unpaired) electrons. The summed E-state index contributed by atoms with van der Waals surface area (Å²) in [6.07, 6.45) is 1.81. The Morgan fingerprint density at radius 1 is 1.15 bits per heavy atom. The Morgan fingerprint density at radius 3 is 2.60 bits per heavy atom. The number of benzene rings is 2. The summed E-state index contributed by atoms with van der Waals surface area (Å²) >= 11 is 6.26. The minimum absolute atomic E-state index is 0.420. The molecule has 0 aliphatic carbocycles. The molecule has 100 valence electrons. The summed E-state index contributed by atoms with van der Waals surface area (Å²) in [7, 11) is 1.64. The molecule has 0 atom stereocenters. The molecule has 3 aromatic rings. The van der Waals surface area contributed by atoms with Gasteiger partial charge in [0.05, 0.1) is 7.11 Å². The van der Waals surface area contributed by atoms with Gasteiger partial charge in [0.1, 0.15) is 16.3 Å². The molecule has 1 heterocycles. The standard InChI is InChI=1S/C16H12ClNO2/c1-19-12-8-6-11(7-9-12)10-13(17)16-18-14-4-2-3-5-15(14)20-16/h2-10H,1H3/b13-10-. The molecule has 0 amide bonds. The van der Waals surface area contributed by atoms with E-state index in [9.17, 15) is 0 Å². The first kappa shape index (κ1) is 12.8. The quantitative estimate of drug-likeness (QED) is 0.707. The van der Waals surface area contributed by atoms with E-state index in [0.29, 0.717) is 10.9 Å². The lowest BCUT2D eigenvalue weighted by Gasteiger charge is -1.99. The maximum Gasteiger partial charge on any atom is 0.238 e. The van der Waals surface area contributed by atoms with Gasteiger partial charge in [-0.25, -0.2) is 4.98 Å². The van der Waals surface area contributed by atoms with Crippen LogP contribution in [0.2, 0.25) is 0 Å². The van der Waals surface area contributed by atoms with E-state index in [1.807, 2.05) is 54.6 Å². The third-order valence-corrected chi connectivity index (χ3v) is 3.18. The molecule has 0 saturated carbocycles. The number of methoxy groups -OCH3 is 1. The zero-order valence-electron chi connectivity index (χ0n) is 10.8. The molecule has 3 nitrogen and oxygen atoms in total. The third-order valence-electron chi connectivity index (χ3n) is 2.91. The summed E-state index contributed by atoms with van der Waals surface area (Å²) in [5.41, 5.74) is 2.48. The van der Waals surface area contributed by atoms with Crippen molar-refractivity contribution >= 4 is 33.8 Å². The number of rotatable bonds is 3. The average Bonchev–Trinajstić information content (AvgIpc) is 2.92. The molecular weight excluding hydrogens is 274 g/mol. The van der Waals surface area contributed by atoms with E-state index in [1.165, 1.54) is 0 Å². The Hall–Kier alpha value is -2.26. The summed E-state index contributed by atoms with van der Waals surface area (Å²) in [6.45, 7) is 0. The van der Waals surface area contributed by atoms with Gasteiger partial charge >= 0.3 is 0 Å². The van der Waals surface area contributed by atoms with Gasteiger partial charge in [0.15, 0.2) is 5.58 Å². The number of hydrogen-bond donors (Lipinski definition) is 0. The highest BCUT2D eigenvalue weighted by atomic mass is 35.5. The van der Waals surface area contributed by atoms with Gasteiger partial charge in [0.25, 0.3) is 0 Å². The lowest BCUT2D eigenvalue weighted by Crippen LogP contribution is -1.82. The SMILES string of the molecule is COc1ccc(/C=C(\Cl)c2nc3ccccc3o2)cc1. The van der Waals surface area contributed by atoms with Crippen LogP contribution in [0.15, 0.2) is 52.9 Å². The molecule has 0 saturated heterocycles. The minimum Gasteiger partial charge on any atom is -0.497 e. The fourth-order valence-corrected chi connectivity index (χ4v) is 2.09. The summed E-state index contributed by atoms with van der Waals surface area (Å²) in [6, 6.07) is 15.2. The van der Waals surface area contributed by atoms with Crippen LogP contribution in [0.3, 0.4) is 0 Å². The highest BCUT2D eigenvalue weighted by molar-refractivity contribution is 6.50. The van der Waals surface area contributed by atoms with Crippen LogP contribution in [0, 0.1) is 0 Å². The number of ether oxygens (including phenoxy) is 1. The number of halogens is 1. The van der Waals surface area contributed by atoms with E-state index in [4.69, 9.17) is 20.8 Å². The molecule has 1 aromatic heterocycles. The Bertz CT molecular complexity index is 727. The molecule has 0 fully saturated rings. The highest BCUT2D eigenvalue weighted by Gasteiger charge is 2.08. The first-order valence-corrected chi connectivity index (χ1v) is 6.51. The van der Waals surface area contributed by atoms with E-state index in [2.05, 4.69) is 4.98 Å². The van der Waals surface area contributed by atoms with Crippen molar-refractivity contribution in [2.75, 3.05) is 7.11 Å². The summed E-state index contributed by atoms with van der Waals surface area (Å²) < 4.78 is 10.7. The second-order valence-corrected chi connectivity index (χ2v) is 4.66. The van der Waals surface area contributed by atoms with Gasteiger partial charge in [-0.2, -0.15) is 0 Å². The second-order valence-electron chi connectivity index (χ2n) is 4.25. The van der Waals surface area contributed by atoms with Crippen molar-refractivity contribution in [1.82, 2.24) is 4.98 Å². The molecule has 4 heteroatoms. The van der Waals surface area contributed by atoms with E-state index in [0.717, 1.165) is 22.4 Å². The normalized spacial score (nSPS) is 11.8. The largest absolute Gasteiger partial charge is 0.497 e. The maximum absolute atomic E-state index is 6.26. The summed E-state index contributed by atoms with van der Waals surface area (Å²) in [5.74, 6) is 1.23. The fourth-order valence-electron chi connectivity index (χ4n) is 1.88. The van der Waals surface area contributed by atoms with Gasteiger partial charge < -0.3 is 9.15 Å². The van der Waals surface area contributed by atoms with Crippen LogP contribution in [-0.2, 0) is 0 Å². The molecule has 0 aliphatic heterocycles. The molecule has 0 spiro atoms. The van der Waals surface area contributed by atoms with Crippen molar-refractivity contribution in [1.29, 1.82) is 0 Å². The van der Waals surface area contributed by atoms with Crippen molar-refractivity contribution in [3.8, 4) is 5.75 Å². The zero-order valence-corrected chi connectivity index (χ0v) is 11.6. The van der Waals surface area contributed by atoms with Gasteiger partial charge in [-0.15, -0.1) is 0 Å². The van der Waals surface area contributed by atoms with Crippen LogP contribution in [0.1, 0.15) is 11.5 Å². The Balaban J connectivity index is 1.93. The molecule has 2 aromatic carbocycles. The van der Waals surface area contributed by atoms with E-state index < -0.39 is 0 Å². The smallest absolute Gasteiger partial charge is 0.238 e. The van der Waals surface area contributed by atoms with E-state index in [1.54, 1.807) is 7.11 Å². The van der Waals surface area contributed by atoms with E-state index >= 15 is 0 Å². The summed E-state index contributed by atoms with van der Waals surface area (Å²) in [5, 5.41) is 0.464. The van der Waals surface area contributed by atoms with Gasteiger partial charge in [-0.3, -0.25) is 0 Å². The maximum atomic E-state index is 6.26. The van der Waals surface area contributed by atoms with Crippen LogP contribution >= 0.6 is 11.6 Å². The molecule has 0 aliphatic rings. The number of nitrogens with zero attached hydrogens (tertiary/aromatic N) is 1. The van der Waals surface area contributed by atoms with Crippen LogP contribution in [0.25, 0.3) is 22.2 Å². The Kier molecular flexibility index (Phi) is 3.44. The van der Waals surface area contributed by atoms with Gasteiger partial charge in [0, 0.05) is 0 Å². The van der Waals surface area contributed by atoms with E-state index in [-0.39, 0.29) is 0 Å². The topological polar surface area (TPSA) is 35.3 Å². The molecule has 0 unspecified atom stereocenters. The molecule has 0 bridgehead atoms. The molecule has 20 heavy (non-hydrogen) atoms. The van der Waals surface area contributed by atoms with Gasteiger partial charge in [-0.1, -0.05) is 35.9 Å². The number of para-hydroxylation sites is 2. The van der Waals surface area contributed by atoms with Crippen LogP contribution in [0.4, 0.5) is 0 Å². The number of fused-ring (bicyclic) bond motifs is 1. The molecular formula is C16H12ClNO2. The number of aromatic nitrogens is 1. The average molecular weight is 286 g/mol. The first-order valence-electron chi connectivity index (χ1n) is 6.13. The number of oxazole rings is 1. The molecule has 0 N–H and O–H groups in total. The van der Waals surface area contributed by atoms with Gasteiger partial charge in [-0.05, 0) is 35.9 Å². The van der Waals surface area contributed by atoms with Crippen molar-refractivity contribution in [2.24, 2.45) is 0 Å². The van der Waals surface area contributed by atoms with Crippen molar-refractivity contribution in [3.63, 3.8) is 0 Å². The van der Waals surface area contributed by atoms with Crippen molar-refractivity contribution < 1.29 is 9.15 Å². The fraction of sp³-hybridized carbons (Fsp3) is 0.0625. The predicted molar refractivity (Wildman–Crippen MR) is 80.7 cm³/mol. The van der Waals surface area contributed by atoms with Crippen LogP contribution < -0.4 is 4.74 Å². The predicted octanol–water partition coefficient (Wildman–Crippen LogP) is 4.57. The van der Waals surface area contributed by atoms with Crippen LogP contribution in [0.5, 0.6) is 5.75 Å². The molecule has 3 rings (SSSR count). The Labute approximate surface area is 121 Å². The first-order chi connectivity index (χ1) is 9.76. The second kappa shape index (κ2) is 5.39. The monoisotopic (exact) mass is 285 g/mol. The van der Waals surface area contributed by atoms with Gasteiger partial charge in [0.2, 0.25) is 5.89 Å². The van der Waals surface area contributed by atoms with Crippen molar-refractivity contribution in [2.45, 2.75) is 0 Å². The zero-order chi connectivity index (χ0) is 13.9. The van der Waals surface area contributed by atoms with Crippen molar-refractivity contribution in [3.05, 3.63) is 60.0 Å². The third kappa shape index (κ3) is 2.53. The van der Waals surface area contributed by atoms with Crippen LogP contribution in [-0.4, -0.2) is 12.1 Å². The lowest BCUT2D eigenvalue weighted by molar-refractivity contribution is 0.415. The lowest BCUT2D eigenvalue weighted by atomic mass is 10.2. The summed E-state index contributed by atoms with van der Waals surface area (Å²) in [4.78, 5) is 4.35. The highest BCUT2D eigenvalue weighted by Crippen LogP contribution is 2.26.